The molecule has 0 rings (SSSR count). The summed E-state index contributed by atoms with van der Waals surface area (Å²) >= 11 is 0. The topological polar surface area (TPSA) is 193 Å². The highest BCUT2D eigenvalue weighted by atomic mass is 31.2. The van der Waals surface area contributed by atoms with Crippen molar-refractivity contribution < 1.29 is 61.9 Å². The van der Waals surface area contributed by atoms with Crippen molar-refractivity contribution in [1.82, 2.24) is 14.7 Å². The van der Waals surface area contributed by atoms with Crippen LogP contribution in [0.5, 0.6) is 0 Å². The summed E-state index contributed by atoms with van der Waals surface area (Å²) in [5, 5.41) is 26.8. The molecule has 0 aliphatic rings. The van der Waals surface area contributed by atoms with E-state index in [1.54, 1.807) is 19.0 Å². The smallest absolute Gasteiger partial charge is 0.480 e. The van der Waals surface area contributed by atoms with Crippen LogP contribution in [0.15, 0.2) is 0 Å². The summed E-state index contributed by atoms with van der Waals surface area (Å²) in [6, 6.07) is 0. The van der Waals surface area contributed by atoms with Gasteiger partial charge in [0.25, 0.3) is 0 Å². The Bertz CT molecular complexity index is 1050. The number of aliphatic carboxylic acids is 1. The van der Waals surface area contributed by atoms with E-state index in [1.807, 2.05) is 26.0 Å². The SMILES string of the molecule is CN(CCN(C)CC(=O)OC(=O)O)CCN(CC(=O)O)CC(=O)OP(=O)(OCCCCCCCCCCCCCCCCCCO)OCC[N+](C)(C)C. The van der Waals surface area contributed by atoms with Crippen molar-refractivity contribution in [3.63, 3.8) is 0 Å². The summed E-state index contributed by atoms with van der Waals surface area (Å²) in [5.41, 5.74) is 0. The maximum absolute atomic E-state index is 13.5. The zero-order chi connectivity index (χ0) is 40.0. The van der Waals surface area contributed by atoms with E-state index < -0.39 is 45.0 Å². The number of aliphatic hydroxyl groups is 1. The Morgan fingerprint density at radius 2 is 1.04 bits per heavy atom. The summed E-state index contributed by atoms with van der Waals surface area (Å²) in [5.74, 6) is -2.97. The molecule has 17 heteroatoms. The van der Waals surface area contributed by atoms with Crippen molar-refractivity contribution in [3.8, 4) is 0 Å². The zero-order valence-corrected chi connectivity index (χ0v) is 34.2. The van der Waals surface area contributed by atoms with Crippen LogP contribution in [0.2, 0.25) is 0 Å². The number of quaternary nitrogens is 1. The molecule has 0 aromatic rings. The molecular weight excluding hydrogens is 711 g/mol. The number of likely N-dealkylation sites (N-methyl/N-ethyl adjacent to an activating group) is 3. The normalized spacial score (nSPS) is 13.1. The molecule has 0 bridgehead atoms. The van der Waals surface area contributed by atoms with E-state index in [1.165, 1.54) is 69.1 Å². The van der Waals surface area contributed by atoms with Gasteiger partial charge in [-0.05, 0) is 26.9 Å². The summed E-state index contributed by atoms with van der Waals surface area (Å²) < 4.78 is 34.5. The lowest BCUT2D eigenvalue weighted by Gasteiger charge is -2.26. The Morgan fingerprint density at radius 1 is 0.585 bits per heavy atom. The highest BCUT2D eigenvalue weighted by molar-refractivity contribution is 7.49. The van der Waals surface area contributed by atoms with Gasteiger partial charge >= 0.3 is 31.9 Å². The fourth-order valence-corrected chi connectivity index (χ4v) is 6.46. The first-order valence-electron chi connectivity index (χ1n) is 19.3. The molecule has 0 heterocycles. The summed E-state index contributed by atoms with van der Waals surface area (Å²) in [4.78, 5) is 51.3. The summed E-state index contributed by atoms with van der Waals surface area (Å²) in [7, 11) is 4.98. The molecule has 3 N–H and O–H groups in total. The van der Waals surface area contributed by atoms with Gasteiger partial charge in [-0.2, -0.15) is 0 Å². The molecule has 16 nitrogen and oxygen atoms in total. The second-order valence-corrected chi connectivity index (χ2v) is 16.5. The molecule has 0 saturated carbocycles. The Hall–Kier alpha value is -2.17. The average molecular weight is 784 g/mol. The Morgan fingerprint density at radius 3 is 1.51 bits per heavy atom. The molecule has 0 saturated heterocycles. The number of carboxylic acid groups (broad SMARTS) is 2. The third-order valence-corrected chi connectivity index (χ3v) is 9.92. The number of ether oxygens (including phenoxy) is 1. The van der Waals surface area contributed by atoms with Gasteiger partial charge in [-0.1, -0.05) is 89.9 Å². The molecule has 0 fully saturated rings. The lowest BCUT2D eigenvalue weighted by Crippen LogP contribution is -2.41. The first kappa shape index (κ1) is 50.8. The van der Waals surface area contributed by atoms with Crippen LogP contribution >= 0.6 is 7.82 Å². The molecule has 1 atom stereocenters. The van der Waals surface area contributed by atoms with Crippen LogP contribution in [0.1, 0.15) is 103 Å². The summed E-state index contributed by atoms with van der Waals surface area (Å²) in [6.45, 7) is 1.19. The Labute approximate surface area is 318 Å². The molecule has 1 unspecified atom stereocenters. The molecule has 0 aromatic heterocycles. The standard InChI is InChI=1S/C36H71N4O12P/c1-37(22-23-38(2)31-34(44)51-36(46)47)24-25-39(30-33(42)43)32-35(45)52-53(48,50-29-26-40(3,4)5)49-28-21-19-17-15-13-11-9-7-6-8-10-12-14-16-18-20-27-41/h41H,6-32H2,1-5H3,(H-,42,43,46,47)/p+1. The number of carbonyl (C=O) groups is 4. The van der Waals surface area contributed by atoms with Crippen molar-refractivity contribution in [3.05, 3.63) is 0 Å². The number of aliphatic hydroxyl groups excluding tert-OH is 1. The molecule has 0 aliphatic carbocycles. The number of hydrogen-bond donors (Lipinski definition) is 3. The predicted molar refractivity (Wildman–Crippen MR) is 203 cm³/mol. The van der Waals surface area contributed by atoms with E-state index in [9.17, 15) is 28.8 Å². The van der Waals surface area contributed by atoms with E-state index in [0.29, 0.717) is 43.7 Å². The van der Waals surface area contributed by atoms with Crippen molar-refractivity contribution in [2.45, 2.75) is 103 Å². The number of carbonyl (C=O) groups excluding carboxylic acids is 2. The van der Waals surface area contributed by atoms with Crippen molar-refractivity contribution in [1.29, 1.82) is 0 Å². The van der Waals surface area contributed by atoms with Gasteiger partial charge < -0.3 is 34.0 Å². The van der Waals surface area contributed by atoms with Crippen molar-refractivity contribution >= 4 is 31.9 Å². The van der Waals surface area contributed by atoms with Crippen LogP contribution < -0.4 is 0 Å². The van der Waals surface area contributed by atoms with E-state index in [0.717, 1.165) is 32.1 Å². The molecule has 0 amide bonds. The molecule has 0 aliphatic heterocycles. The van der Waals surface area contributed by atoms with Crippen LogP contribution in [0.25, 0.3) is 0 Å². The minimum absolute atomic E-state index is 0.0333. The first-order chi connectivity index (χ1) is 25.0. The van der Waals surface area contributed by atoms with Crippen LogP contribution in [-0.2, 0) is 37.3 Å². The molecular formula is C36H72N4O12P+. The van der Waals surface area contributed by atoms with E-state index >= 15 is 0 Å². The molecule has 0 radical (unpaired) electrons. The number of hydrogen-bond acceptors (Lipinski definition) is 13. The van der Waals surface area contributed by atoms with Gasteiger partial charge in [-0.15, -0.1) is 0 Å². The van der Waals surface area contributed by atoms with Gasteiger partial charge in [0, 0.05) is 32.8 Å². The quantitative estimate of drug-likeness (QED) is 0.0250. The van der Waals surface area contributed by atoms with Gasteiger partial charge in [-0.3, -0.25) is 33.2 Å². The third kappa shape index (κ3) is 34.1. The fraction of sp³-hybridized carbons (Fsp3) is 0.889. The third-order valence-electron chi connectivity index (χ3n) is 8.50. The van der Waals surface area contributed by atoms with E-state index in [4.69, 9.17) is 23.8 Å². The number of carboxylic acids is 1. The van der Waals surface area contributed by atoms with Crippen LogP contribution in [0.3, 0.4) is 0 Å². The van der Waals surface area contributed by atoms with Gasteiger partial charge in [0.05, 0.1) is 47.4 Å². The number of rotatable bonds is 36. The first-order valence-corrected chi connectivity index (χ1v) is 20.8. The van der Waals surface area contributed by atoms with Crippen LogP contribution in [0.4, 0.5) is 4.79 Å². The maximum atomic E-state index is 13.5. The van der Waals surface area contributed by atoms with Gasteiger partial charge in [0.15, 0.2) is 0 Å². The highest BCUT2D eigenvalue weighted by Crippen LogP contribution is 2.49. The predicted octanol–water partition coefficient (Wildman–Crippen LogP) is 5.08. The minimum atomic E-state index is -4.26. The van der Waals surface area contributed by atoms with Crippen LogP contribution in [0, 0.1) is 0 Å². The number of esters is 1. The summed E-state index contributed by atoms with van der Waals surface area (Å²) in [6.07, 6.45) is 16.7. The molecule has 312 valence electrons. The maximum Gasteiger partial charge on any atom is 0.532 e. The van der Waals surface area contributed by atoms with Crippen molar-refractivity contribution in [2.24, 2.45) is 0 Å². The van der Waals surface area contributed by atoms with Gasteiger partial charge in [0.2, 0.25) is 0 Å². The Kier molecular flexibility index (Phi) is 29.8. The van der Waals surface area contributed by atoms with Gasteiger partial charge in [0.1, 0.15) is 13.2 Å². The van der Waals surface area contributed by atoms with Crippen molar-refractivity contribution in [2.75, 3.05) is 107 Å². The molecule has 0 aromatic carbocycles. The number of phosphoric ester groups is 1. The van der Waals surface area contributed by atoms with Gasteiger partial charge in [-0.25, -0.2) is 9.36 Å². The molecule has 0 spiro atoms. The number of unbranched alkanes of at least 4 members (excludes halogenated alkanes) is 15. The molecule has 53 heavy (non-hydrogen) atoms. The second kappa shape index (κ2) is 31.1. The average Bonchev–Trinajstić information content (AvgIpc) is 3.04. The Balaban J connectivity index is 4.63. The zero-order valence-electron chi connectivity index (χ0n) is 33.3. The van der Waals surface area contributed by atoms with E-state index in [-0.39, 0.29) is 26.3 Å². The van der Waals surface area contributed by atoms with Crippen LogP contribution in [-0.4, -0.2) is 166 Å². The minimum Gasteiger partial charge on any atom is -0.480 e. The van der Waals surface area contributed by atoms with E-state index in [2.05, 4.69) is 4.74 Å². The monoisotopic (exact) mass is 783 g/mol. The number of nitrogens with zero attached hydrogens (tertiary/aromatic N) is 4. The number of phosphoric acid groups is 1. The largest absolute Gasteiger partial charge is 0.532 e. The lowest BCUT2D eigenvalue weighted by atomic mass is 10.0. The second-order valence-electron chi connectivity index (χ2n) is 14.9. The highest BCUT2D eigenvalue weighted by Gasteiger charge is 2.33. The lowest BCUT2D eigenvalue weighted by molar-refractivity contribution is -0.870. The fourth-order valence-electron chi connectivity index (χ4n) is 5.32.